The Hall–Kier alpha value is -1.73. The molecule has 0 aliphatic heterocycles. The topological polar surface area (TPSA) is 56.1 Å². The molecule has 1 atom stereocenters. The van der Waals surface area contributed by atoms with E-state index in [1.807, 2.05) is 13.1 Å². The van der Waals surface area contributed by atoms with Crippen LogP contribution in [-0.2, 0) is 17.6 Å². The molecule has 2 aromatic heterocycles. The summed E-state index contributed by atoms with van der Waals surface area (Å²) in [5.41, 5.74) is 2.77. The lowest BCUT2D eigenvalue weighted by atomic mass is 9.88. The van der Waals surface area contributed by atoms with Gasteiger partial charge in [0.2, 0.25) is 0 Å². The third kappa shape index (κ3) is 3.16. The van der Waals surface area contributed by atoms with Crippen LogP contribution in [0.3, 0.4) is 0 Å². The van der Waals surface area contributed by atoms with Crippen LogP contribution in [0.1, 0.15) is 39.7 Å². The normalized spacial score (nSPS) is 16.7. The largest absolute Gasteiger partial charge is 0.465 e. The van der Waals surface area contributed by atoms with Crippen molar-refractivity contribution in [2.24, 2.45) is 5.92 Å². The molecule has 3 rings (SSSR count). The number of fused-ring (bicyclic) bond motifs is 1. The fourth-order valence-corrected chi connectivity index (χ4v) is 4.50. The zero-order chi connectivity index (χ0) is 16.6. The van der Waals surface area contributed by atoms with E-state index in [0.29, 0.717) is 16.6 Å². The van der Waals surface area contributed by atoms with Crippen molar-refractivity contribution in [3.63, 3.8) is 0 Å². The van der Waals surface area contributed by atoms with E-state index in [1.54, 1.807) is 22.2 Å². The van der Waals surface area contributed by atoms with Gasteiger partial charge >= 0.3 is 5.97 Å². The standard InChI is InChI=1S/C16H19N3O2S2/c1-9-4-5-11-12(6-9)23-14(13(11)15(20)21-3)18-16(22)19-8-10(2)7-17-19/h7-9H,4-6H2,1-3H3,(H,18,22). The summed E-state index contributed by atoms with van der Waals surface area (Å²) in [6.07, 6.45) is 6.60. The third-order valence-electron chi connectivity index (χ3n) is 4.04. The molecule has 0 saturated heterocycles. The fraction of sp³-hybridized carbons (Fsp3) is 0.438. The average Bonchev–Trinajstić information content (AvgIpc) is 3.09. The van der Waals surface area contributed by atoms with Crippen molar-refractivity contribution in [2.75, 3.05) is 12.4 Å². The van der Waals surface area contributed by atoms with Gasteiger partial charge < -0.3 is 10.1 Å². The predicted molar refractivity (Wildman–Crippen MR) is 95.4 cm³/mol. The fourth-order valence-electron chi connectivity index (χ4n) is 2.84. The van der Waals surface area contributed by atoms with E-state index in [9.17, 15) is 4.79 Å². The molecule has 0 saturated carbocycles. The number of hydrogen-bond acceptors (Lipinski definition) is 5. The first kappa shape index (κ1) is 16.1. The van der Waals surface area contributed by atoms with Crippen molar-refractivity contribution in [2.45, 2.75) is 33.1 Å². The van der Waals surface area contributed by atoms with Crippen molar-refractivity contribution < 1.29 is 9.53 Å². The molecule has 0 fully saturated rings. The van der Waals surface area contributed by atoms with Gasteiger partial charge in [-0.25, -0.2) is 9.48 Å². The third-order valence-corrected chi connectivity index (χ3v) is 5.50. The van der Waals surface area contributed by atoms with E-state index in [0.717, 1.165) is 35.4 Å². The Labute approximate surface area is 144 Å². The molecule has 23 heavy (non-hydrogen) atoms. The number of anilines is 1. The monoisotopic (exact) mass is 349 g/mol. The highest BCUT2D eigenvalue weighted by molar-refractivity contribution is 7.80. The highest BCUT2D eigenvalue weighted by Crippen LogP contribution is 2.40. The molecular weight excluding hydrogens is 330 g/mol. The Morgan fingerprint density at radius 2 is 2.35 bits per heavy atom. The molecule has 2 aromatic rings. The summed E-state index contributed by atoms with van der Waals surface area (Å²) in [4.78, 5) is 13.5. The number of thiophene rings is 1. The van der Waals surface area contributed by atoms with Crippen molar-refractivity contribution in [1.29, 1.82) is 0 Å². The molecule has 0 bridgehead atoms. The van der Waals surface area contributed by atoms with Crippen LogP contribution in [0.4, 0.5) is 5.00 Å². The number of nitrogens with zero attached hydrogens (tertiary/aromatic N) is 2. The first-order valence-electron chi connectivity index (χ1n) is 7.55. The second-order valence-electron chi connectivity index (χ2n) is 5.94. The van der Waals surface area contributed by atoms with Gasteiger partial charge in [0.05, 0.1) is 18.9 Å². The van der Waals surface area contributed by atoms with Crippen molar-refractivity contribution in [1.82, 2.24) is 9.78 Å². The number of esters is 1. The average molecular weight is 349 g/mol. The highest BCUT2D eigenvalue weighted by Gasteiger charge is 2.28. The SMILES string of the molecule is COC(=O)c1c(NC(=S)n2cc(C)cn2)sc2c1CCC(C)C2. The number of carbonyl (C=O) groups is 1. The van der Waals surface area contributed by atoms with Crippen LogP contribution in [-0.4, -0.2) is 28.0 Å². The van der Waals surface area contributed by atoms with E-state index in [-0.39, 0.29) is 5.97 Å². The molecule has 122 valence electrons. The molecule has 0 amide bonds. The number of carbonyl (C=O) groups excluding carboxylic acids is 1. The van der Waals surface area contributed by atoms with E-state index in [2.05, 4.69) is 17.3 Å². The summed E-state index contributed by atoms with van der Waals surface area (Å²) in [5, 5.41) is 8.59. The Kier molecular flexibility index (Phi) is 4.50. The Bertz CT molecular complexity index is 763. The van der Waals surface area contributed by atoms with Crippen molar-refractivity contribution in [3.05, 3.63) is 34.0 Å². The number of rotatable bonds is 2. The molecule has 1 unspecified atom stereocenters. The van der Waals surface area contributed by atoms with Gasteiger partial charge in [0, 0.05) is 11.1 Å². The second-order valence-corrected chi connectivity index (χ2v) is 7.43. The van der Waals surface area contributed by atoms with E-state index in [1.165, 1.54) is 12.0 Å². The minimum absolute atomic E-state index is 0.306. The molecule has 0 aromatic carbocycles. The van der Waals surface area contributed by atoms with E-state index < -0.39 is 0 Å². The zero-order valence-corrected chi connectivity index (χ0v) is 15.0. The summed E-state index contributed by atoms with van der Waals surface area (Å²) < 4.78 is 6.59. The number of ether oxygens (including phenoxy) is 1. The van der Waals surface area contributed by atoms with Crippen LogP contribution in [0.15, 0.2) is 12.4 Å². The van der Waals surface area contributed by atoms with Crippen molar-refractivity contribution in [3.8, 4) is 0 Å². The number of aromatic nitrogens is 2. The van der Waals surface area contributed by atoms with Crippen LogP contribution in [0.5, 0.6) is 0 Å². The molecule has 2 heterocycles. The lowest BCUT2D eigenvalue weighted by Crippen LogP contribution is -2.20. The van der Waals surface area contributed by atoms with Gasteiger partial charge in [-0.05, 0) is 55.4 Å². The summed E-state index contributed by atoms with van der Waals surface area (Å²) >= 11 is 7.00. The maximum Gasteiger partial charge on any atom is 0.341 e. The molecular formula is C16H19N3O2S2. The number of methoxy groups -OCH3 is 1. The van der Waals surface area contributed by atoms with Gasteiger partial charge in [0.1, 0.15) is 5.00 Å². The first-order chi connectivity index (χ1) is 11.0. The number of aryl methyl sites for hydroxylation is 1. The molecule has 1 aliphatic carbocycles. The van der Waals surface area contributed by atoms with E-state index in [4.69, 9.17) is 17.0 Å². The molecule has 1 aliphatic rings. The van der Waals surface area contributed by atoms with Gasteiger partial charge in [0.25, 0.3) is 0 Å². The van der Waals surface area contributed by atoms with Crippen LogP contribution in [0, 0.1) is 12.8 Å². The Balaban J connectivity index is 1.95. The van der Waals surface area contributed by atoms with Crippen LogP contribution in [0.2, 0.25) is 0 Å². The minimum atomic E-state index is -0.306. The molecule has 5 nitrogen and oxygen atoms in total. The van der Waals surface area contributed by atoms with Gasteiger partial charge in [-0.15, -0.1) is 11.3 Å². The number of nitrogens with one attached hydrogen (secondary N) is 1. The Morgan fingerprint density at radius 1 is 1.57 bits per heavy atom. The zero-order valence-electron chi connectivity index (χ0n) is 13.4. The van der Waals surface area contributed by atoms with Gasteiger partial charge in [-0.3, -0.25) is 0 Å². The molecule has 0 radical (unpaired) electrons. The first-order valence-corrected chi connectivity index (χ1v) is 8.77. The second kappa shape index (κ2) is 6.41. The lowest BCUT2D eigenvalue weighted by Gasteiger charge is -2.18. The van der Waals surface area contributed by atoms with Crippen LogP contribution >= 0.6 is 23.6 Å². The predicted octanol–water partition coefficient (Wildman–Crippen LogP) is 3.41. The summed E-state index contributed by atoms with van der Waals surface area (Å²) in [7, 11) is 1.41. The molecule has 7 heteroatoms. The number of thiocarbonyl (C=S) groups is 1. The summed E-state index contributed by atoms with van der Waals surface area (Å²) in [6.45, 7) is 4.20. The Morgan fingerprint density at radius 3 is 3.00 bits per heavy atom. The minimum Gasteiger partial charge on any atom is -0.465 e. The maximum absolute atomic E-state index is 12.2. The quantitative estimate of drug-likeness (QED) is 0.665. The van der Waals surface area contributed by atoms with Gasteiger partial charge in [-0.2, -0.15) is 5.10 Å². The van der Waals surface area contributed by atoms with Gasteiger partial charge in [-0.1, -0.05) is 6.92 Å². The maximum atomic E-state index is 12.2. The van der Waals surface area contributed by atoms with Crippen LogP contribution in [0.25, 0.3) is 0 Å². The highest BCUT2D eigenvalue weighted by atomic mass is 32.1. The summed E-state index contributed by atoms with van der Waals surface area (Å²) in [5.74, 6) is 0.333. The molecule has 1 N–H and O–H groups in total. The molecule has 0 spiro atoms. The smallest absolute Gasteiger partial charge is 0.341 e. The van der Waals surface area contributed by atoms with E-state index >= 15 is 0 Å². The lowest BCUT2D eigenvalue weighted by molar-refractivity contribution is 0.0601. The van der Waals surface area contributed by atoms with Gasteiger partial charge in [0.15, 0.2) is 5.11 Å². The van der Waals surface area contributed by atoms with Crippen LogP contribution < -0.4 is 5.32 Å². The van der Waals surface area contributed by atoms with Crippen molar-refractivity contribution >= 4 is 39.6 Å². The summed E-state index contributed by atoms with van der Waals surface area (Å²) in [6, 6.07) is 0. The number of hydrogen-bond donors (Lipinski definition) is 1.